The van der Waals surface area contributed by atoms with Gasteiger partial charge in [-0.2, -0.15) is 0 Å². The largest absolute Gasteiger partial charge is 0.481 e. The Balaban J connectivity index is 3.02. The Kier molecular flexibility index (Phi) is 6.64. The third-order valence-electron chi connectivity index (χ3n) is 4.69. The molecule has 1 fully saturated rings. The molecule has 4 atom stereocenters. The molecule has 0 aromatic rings. The highest BCUT2D eigenvalue weighted by atomic mass is 16.4. The highest BCUT2D eigenvalue weighted by Crippen LogP contribution is 2.37. The van der Waals surface area contributed by atoms with Crippen molar-refractivity contribution in [2.24, 2.45) is 23.5 Å². The fourth-order valence-corrected chi connectivity index (χ4v) is 3.64. The molecule has 0 radical (unpaired) electrons. The minimum atomic E-state index is -0.830. The zero-order valence-electron chi connectivity index (χ0n) is 13.6. The number of nitrogens with one attached hydrogen (secondary N) is 3. The third-order valence-corrected chi connectivity index (χ3v) is 4.69. The first-order chi connectivity index (χ1) is 10.3. The standard InChI is InChI=1S/C15H28N4O3/c1-4-9(5-2)13(18-8(3)20)11-6-10(14(21)22)7-12(11)19-15(16)17/h9-13H,4-7H2,1-3H3,(H,18,20)(H,21,22)(H4,16,17,19)/t10-,11-,12-,13+/m1/s1. The fourth-order valence-electron chi connectivity index (χ4n) is 3.64. The first kappa shape index (κ1) is 18.3. The van der Waals surface area contributed by atoms with Gasteiger partial charge in [-0.1, -0.05) is 26.7 Å². The van der Waals surface area contributed by atoms with Crippen LogP contribution in [-0.4, -0.2) is 35.0 Å². The van der Waals surface area contributed by atoms with E-state index in [1.165, 1.54) is 6.92 Å². The summed E-state index contributed by atoms with van der Waals surface area (Å²) in [6, 6.07) is -0.301. The quantitative estimate of drug-likeness (QED) is 0.352. The molecule has 0 aromatic heterocycles. The van der Waals surface area contributed by atoms with Crippen LogP contribution in [0, 0.1) is 23.2 Å². The van der Waals surface area contributed by atoms with Gasteiger partial charge in [-0.15, -0.1) is 0 Å². The van der Waals surface area contributed by atoms with Crippen LogP contribution in [0.1, 0.15) is 46.5 Å². The smallest absolute Gasteiger partial charge is 0.306 e. The van der Waals surface area contributed by atoms with E-state index in [2.05, 4.69) is 24.5 Å². The number of carboxylic acids is 1. The Morgan fingerprint density at radius 3 is 2.32 bits per heavy atom. The molecule has 1 rings (SSSR count). The number of carbonyl (C=O) groups is 2. The van der Waals surface area contributed by atoms with Gasteiger partial charge in [0.05, 0.1) is 5.92 Å². The van der Waals surface area contributed by atoms with Gasteiger partial charge in [-0.05, 0) is 18.8 Å². The van der Waals surface area contributed by atoms with E-state index in [0.29, 0.717) is 12.8 Å². The first-order valence-electron chi connectivity index (χ1n) is 7.90. The summed E-state index contributed by atoms with van der Waals surface area (Å²) in [4.78, 5) is 22.9. The summed E-state index contributed by atoms with van der Waals surface area (Å²) < 4.78 is 0. The van der Waals surface area contributed by atoms with Crippen molar-refractivity contribution in [3.05, 3.63) is 0 Å². The van der Waals surface area contributed by atoms with Gasteiger partial charge in [0.1, 0.15) is 0 Å². The van der Waals surface area contributed by atoms with Gasteiger partial charge < -0.3 is 21.5 Å². The number of amides is 1. The molecule has 0 unspecified atom stereocenters. The minimum absolute atomic E-state index is 0.0428. The van der Waals surface area contributed by atoms with Crippen LogP contribution in [0.3, 0.4) is 0 Å². The monoisotopic (exact) mass is 312 g/mol. The van der Waals surface area contributed by atoms with Gasteiger partial charge in [-0.25, -0.2) is 0 Å². The molecule has 7 nitrogen and oxygen atoms in total. The highest BCUT2D eigenvalue weighted by Gasteiger charge is 2.44. The number of aliphatic carboxylic acids is 1. The van der Waals surface area contributed by atoms with Crippen LogP contribution in [0.15, 0.2) is 0 Å². The van der Waals surface area contributed by atoms with E-state index in [1.807, 2.05) is 0 Å². The summed E-state index contributed by atoms with van der Waals surface area (Å²) in [5.74, 6) is -1.34. The molecule has 7 heteroatoms. The Hall–Kier alpha value is -1.79. The van der Waals surface area contributed by atoms with Crippen LogP contribution in [0.4, 0.5) is 0 Å². The molecular weight excluding hydrogens is 284 g/mol. The predicted octanol–water partition coefficient (Wildman–Crippen LogP) is 0.890. The normalized spacial score (nSPS) is 25.7. The van der Waals surface area contributed by atoms with E-state index in [9.17, 15) is 14.7 Å². The second kappa shape index (κ2) is 8.00. The molecule has 1 saturated carbocycles. The van der Waals surface area contributed by atoms with Crippen molar-refractivity contribution in [2.45, 2.75) is 58.5 Å². The van der Waals surface area contributed by atoms with Crippen molar-refractivity contribution in [3.63, 3.8) is 0 Å². The molecule has 1 amide bonds. The molecule has 0 heterocycles. The second-order valence-corrected chi connectivity index (χ2v) is 6.14. The molecule has 0 saturated heterocycles. The molecule has 6 N–H and O–H groups in total. The number of nitrogens with two attached hydrogens (primary N) is 1. The van der Waals surface area contributed by atoms with Crippen LogP contribution >= 0.6 is 0 Å². The second-order valence-electron chi connectivity index (χ2n) is 6.14. The number of carboxylic acid groups (broad SMARTS) is 1. The van der Waals surface area contributed by atoms with Crippen molar-refractivity contribution in [3.8, 4) is 0 Å². The molecule has 126 valence electrons. The minimum Gasteiger partial charge on any atom is -0.481 e. The van der Waals surface area contributed by atoms with Crippen LogP contribution in [-0.2, 0) is 9.59 Å². The van der Waals surface area contributed by atoms with Crippen LogP contribution in [0.5, 0.6) is 0 Å². The zero-order valence-corrected chi connectivity index (χ0v) is 13.6. The maximum Gasteiger partial charge on any atom is 0.306 e. The maximum absolute atomic E-state index is 11.6. The lowest BCUT2D eigenvalue weighted by Gasteiger charge is -2.35. The highest BCUT2D eigenvalue weighted by molar-refractivity contribution is 5.76. The molecule has 22 heavy (non-hydrogen) atoms. The van der Waals surface area contributed by atoms with E-state index in [0.717, 1.165) is 12.8 Å². The average Bonchev–Trinajstić information content (AvgIpc) is 2.81. The Morgan fingerprint density at radius 2 is 1.91 bits per heavy atom. The molecule has 1 aliphatic carbocycles. The lowest BCUT2D eigenvalue weighted by Crippen LogP contribution is -2.51. The molecule has 0 bridgehead atoms. The molecule has 0 aromatic carbocycles. The van der Waals surface area contributed by atoms with E-state index in [-0.39, 0.29) is 35.8 Å². The van der Waals surface area contributed by atoms with Gasteiger partial charge in [0.25, 0.3) is 0 Å². The third kappa shape index (κ3) is 4.61. The average molecular weight is 312 g/mol. The van der Waals surface area contributed by atoms with Crippen molar-refractivity contribution in [2.75, 3.05) is 0 Å². The van der Waals surface area contributed by atoms with Crippen LogP contribution in [0.25, 0.3) is 0 Å². The van der Waals surface area contributed by atoms with Crippen molar-refractivity contribution in [1.82, 2.24) is 10.6 Å². The van der Waals surface area contributed by atoms with Crippen LogP contribution in [0.2, 0.25) is 0 Å². The van der Waals surface area contributed by atoms with Gasteiger partial charge >= 0.3 is 5.97 Å². The maximum atomic E-state index is 11.6. The lowest BCUT2D eigenvalue weighted by atomic mass is 9.81. The number of hydrogen-bond donors (Lipinski definition) is 5. The van der Waals surface area contributed by atoms with E-state index in [1.54, 1.807) is 0 Å². The zero-order chi connectivity index (χ0) is 16.9. The number of hydrogen-bond acceptors (Lipinski definition) is 3. The summed E-state index contributed by atoms with van der Waals surface area (Å²) in [6.45, 7) is 5.62. The number of carbonyl (C=O) groups excluding carboxylic acids is 1. The summed E-state index contributed by atoms with van der Waals surface area (Å²) >= 11 is 0. The Morgan fingerprint density at radius 1 is 1.32 bits per heavy atom. The summed E-state index contributed by atoms with van der Waals surface area (Å²) in [6.07, 6.45) is 2.72. The van der Waals surface area contributed by atoms with Crippen molar-refractivity contribution >= 4 is 17.8 Å². The topological polar surface area (TPSA) is 128 Å². The summed E-state index contributed by atoms with van der Waals surface area (Å²) in [7, 11) is 0. The Labute approximate surface area is 131 Å². The Bertz CT molecular complexity index is 423. The first-order valence-corrected chi connectivity index (χ1v) is 7.90. The molecule has 1 aliphatic rings. The summed E-state index contributed by atoms with van der Waals surface area (Å²) in [5, 5.41) is 22.6. The molecule has 0 spiro atoms. The fraction of sp³-hybridized carbons (Fsp3) is 0.800. The van der Waals surface area contributed by atoms with Crippen molar-refractivity contribution < 1.29 is 14.7 Å². The molecule has 0 aliphatic heterocycles. The van der Waals surface area contributed by atoms with Crippen LogP contribution < -0.4 is 16.4 Å². The summed E-state index contributed by atoms with van der Waals surface area (Å²) in [5.41, 5.74) is 5.44. The van der Waals surface area contributed by atoms with Gasteiger partial charge in [0, 0.05) is 24.9 Å². The van der Waals surface area contributed by atoms with Gasteiger partial charge in [-0.3, -0.25) is 15.0 Å². The van der Waals surface area contributed by atoms with Gasteiger partial charge in [0.15, 0.2) is 5.96 Å². The van der Waals surface area contributed by atoms with E-state index in [4.69, 9.17) is 11.1 Å². The van der Waals surface area contributed by atoms with E-state index >= 15 is 0 Å². The predicted molar refractivity (Wildman–Crippen MR) is 84.4 cm³/mol. The SMILES string of the molecule is CCC(CC)[C@H](NC(C)=O)[C@@H]1C[C@@H](C(=O)O)C[C@H]1NC(=N)N. The van der Waals surface area contributed by atoms with E-state index < -0.39 is 11.9 Å². The molecular formula is C15H28N4O3. The lowest BCUT2D eigenvalue weighted by molar-refractivity contribution is -0.141. The number of guanidine groups is 1. The van der Waals surface area contributed by atoms with Gasteiger partial charge in [0.2, 0.25) is 5.91 Å². The van der Waals surface area contributed by atoms with Crippen molar-refractivity contribution in [1.29, 1.82) is 5.41 Å². The number of rotatable bonds is 7.